The van der Waals surface area contributed by atoms with Crippen LogP contribution in [0.3, 0.4) is 0 Å². The predicted octanol–water partition coefficient (Wildman–Crippen LogP) is 2.94. The van der Waals surface area contributed by atoms with Crippen LogP contribution in [0.15, 0.2) is 48.8 Å². The standard InChI is InChI=1S/C21H20FN5O2/c22-15-7-1-2-8-16(15)25-21(29)19-26-18(17-9-3-4-11-27(17)19)20(28)24-13-14-6-5-10-23-12-14/h1-2,5-8,10,12H,3-4,9,11,13H2,(H,24,28)(H,25,29). The number of para-hydroxylation sites is 1. The van der Waals surface area contributed by atoms with Crippen LogP contribution in [0.2, 0.25) is 0 Å². The molecule has 2 N–H and O–H groups in total. The van der Waals surface area contributed by atoms with E-state index in [0.717, 1.165) is 24.1 Å². The average Bonchev–Trinajstić information content (AvgIpc) is 3.14. The van der Waals surface area contributed by atoms with Gasteiger partial charge in [0, 0.05) is 25.5 Å². The third-order valence-corrected chi connectivity index (χ3v) is 4.83. The summed E-state index contributed by atoms with van der Waals surface area (Å²) in [6.07, 6.45) is 5.81. The number of aromatic nitrogens is 3. The van der Waals surface area contributed by atoms with Crippen LogP contribution in [0, 0.1) is 5.82 Å². The molecular weight excluding hydrogens is 373 g/mol. The largest absolute Gasteiger partial charge is 0.347 e. The third-order valence-electron chi connectivity index (χ3n) is 4.83. The van der Waals surface area contributed by atoms with Gasteiger partial charge < -0.3 is 15.2 Å². The molecule has 0 fully saturated rings. The number of amides is 2. The van der Waals surface area contributed by atoms with Crippen molar-refractivity contribution in [1.82, 2.24) is 19.9 Å². The molecule has 0 aliphatic carbocycles. The molecule has 0 atom stereocenters. The highest BCUT2D eigenvalue weighted by atomic mass is 19.1. The van der Waals surface area contributed by atoms with Crippen LogP contribution >= 0.6 is 0 Å². The molecular formula is C21H20FN5O2. The topological polar surface area (TPSA) is 88.9 Å². The highest BCUT2D eigenvalue weighted by molar-refractivity contribution is 6.03. The molecule has 0 spiro atoms. The maximum atomic E-state index is 13.9. The monoisotopic (exact) mass is 393 g/mol. The number of hydrogen-bond donors (Lipinski definition) is 2. The summed E-state index contributed by atoms with van der Waals surface area (Å²) >= 11 is 0. The fourth-order valence-corrected chi connectivity index (χ4v) is 3.41. The number of halogens is 1. The van der Waals surface area contributed by atoms with E-state index in [1.165, 1.54) is 12.1 Å². The second-order valence-electron chi connectivity index (χ2n) is 6.82. The van der Waals surface area contributed by atoms with E-state index in [1.54, 1.807) is 35.2 Å². The first-order valence-corrected chi connectivity index (χ1v) is 9.46. The fourth-order valence-electron chi connectivity index (χ4n) is 3.41. The zero-order valence-electron chi connectivity index (χ0n) is 15.7. The first-order valence-electron chi connectivity index (χ1n) is 9.46. The van der Waals surface area contributed by atoms with Crippen molar-refractivity contribution < 1.29 is 14.0 Å². The van der Waals surface area contributed by atoms with Gasteiger partial charge in [-0.05, 0) is 43.0 Å². The Morgan fingerprint density at radius 3 is 2.76 bits per heavy atom. The van der Waals surface area contributed by atoms with Crippen LogP contribution in [0.4, 0.5) is 10.1 Å². The molecule has 1 aliphatic rings. The number of benzene rings is 1. The number of anilines is 1. The van der Waals surface area contributed by atoms with Gasteiger partial charge in [0.2, 0.25) is 0 Å². The lowest BCUT2D eigenvalue weighted by molar-refractivity contribution is 0.0945. The second-order valence-corrected chi connectivity index (χ2v) is 6.82. The molecule has 0 unspecified atom stereocenters. The Bertz CT molecular complexity index is 1050. The van der Waals surface area contributed by atoms with E-state index in [1.807, 2.05) is 6.07 Å². The molecule has 3 heterocycles. The van der Waals surface area contributed by atoms with Crippen LogP contribution in [0.1, 0.15) is 45.2 Å². The lowest BCUT2D eigenvalue weighted by atomic mass is 10.1. The number of carbonyl (C=O) groups excluding carboxylic acids is 2. The number of rotatable bonds is 5. The number of hydrogen-bond acceptors (Lipinski definition) is 4. The van der Waals surface area contributed by atoms with Gasteiger partial charge >= 0.3 is 0 Å². The summed E-state index contributed by atoms with van der Waals surface area (Å²) in [6.45, 7) is 0.911. The van der Waals surface area contributed by atoms with Crippen LogP contribution in [-0.2, 0) is 19.5 Å². The lowest BCUT2D eigenvalue weighted by Gasteiger charge is -2.17. The molecule has 8 heteroatoms. The molecule has 148 valence electrons. The lowest BCUT2D eigenvalue weighted by Crippen LogP contribution is -2.25. The Morgan fingerprint density at radius 2 is 1.97 bits per heavy atom. The smallest absolute Gasteiger partial charge is 0.291 e. The molecule has 0 bridgehead atoms. The van der Waals surface area contributed by atoms with Crippen molar-refractivity contribution in [1.29, 1.82) is 0 Å². The maximum absolute atomic E-state index is 13.9. The summed E-state index contributed by atoms with van der Waals surface area (Å²) in [5.41, 5.74) is 1.92. The molecule has 2 aromatic heterocycles. The zero-order chi connectivity index (χ0) is 20.2. The maximum Gasteiger partial charge on any atom is 0.291 e. The van der Waals surface area contributed by atoms with Crippen molar-refractivity contribution in [3.63, 3.8) is 0 Å². The van der Waals surface area contributed by atoms with Gasteiger partial charge in [-0.15, -0.1) is 0 Å². The minimum Gasteiger partial charge on any atom is -0.347 e. The fraction of sp³-hybridized carbons (Fsp3) is 0.238. The Balaban J connectivity index is 1.57. The number of pyridine rings is 1. The Hall–Kier alpha value is -3.55. The second kappa shape index (κ2) is 8.22. The van der Waals surface area contributed by atoms with E-state index in [-0.39, 0.29) is 23.1 Å². The first-order chi connectivity index (χ1) is 14.1. The van der Waals surface area contributed by atoms with E-state index in [0.29, 0.717) is 19.5 Å². The summed E-state index contributed by atoms with van der Waals surface area (Å²) in [5.74, 6) is -1.29. The number of nitrogens with one attached hydrogen (secondary N) is 2. The molecule has 7 nitrogen and oxygen atoms in total. The molecule has 0 saturated heterocycles. The minimum absolute atomic E-state index is 0.0771. The van der Waals surface area contributed by atoms with Crippen molar-refractivity contribution >= 4 is 17.5 Å². The van der Waals surface area contributed by atoms with Crippen LogP contribution in [0.5, 0.6) is 0 Å². The van der Waals surface area contributed by atoms with Crippen molar-refractivity contribution in [2.24, 2.45) is 0 Å². The predicted molar refractivity (Wildman–Crippen MR) is 105 cm³/mol. The van der Waals surface area contributed by atoms with Gasteiger partial charge in [0.05, 0.1) is 11.4 Å². The number of fused-ring (bicyclic) bond motifs is 1. The Labute approximate surface area is 167 Å². The molecule has 29 heavy (non-hydrogen) atoms. The summed E-state index contributed by atoms with van der Waals surface area (Å²) in [6, 6.07) is 9.60. The zero-order valence-corrected chi connectivity index (χ0v) is 15.7. The van der Waals surface area contributed by atoms with Gasteiger partial charge in [0.15, 0.2) is 5.82 Å². The van der Waals surface area contributed by atoms with Crippen LogP contribution in [0.25, 0.3) is 0 Å². The SMILES string of the molecule is O=C(NCc1cccnc1)c1nc(C(=O)Nc2ccccc2F)n2c1CCCC2. The van der Waals surface area contributed by atoms with Gasteiger partial charge in [-0.3, -0.25) is 14.6 Å². The van der Waals surface area contributed by atoms with Crippen LogP contribution in [-0.4, -0.2) is 26.3 Å². The summed E-state index contributed by atoms with van der Waals surface area (Å²) in [4.78, 5) is 33.8. The Morgan fingerprint density at radius 1 is 1.10 bits per heavy atom. The normalized spacial score (nSPS) is 12.9. The molecule has 0 radical (unpaired) electrons. The molecule has 3 aromatic rings. The van der Waals surface area contributed by atoms with Gasteiger partial charge in [0.1, 0.15) is 11.5 Å². The van der Waals surface area contributed by atoms with Gasteiger partial charge in [-0.1, -0.05) is 18.2 Å². The van der Waals surface area contributed by atoms with E-state index in [2.05, 4.69) is 20.6 Å². The van der Waals surface area contributed by atoms with Crippen molar-refractivity contribution in [2.75, 3.05) is 5.32 Å². The number of nitrogens with zero attached hydrogens (tertiary/aromatic N) is 3. The summed E-state index contributed by atoms with van der Waals surface area (Å²) in [5, 5.41) is 5.38. The van der Waals surface area contributed by atoms with E-state index >= 15 is 0 Å². The third kappa shape index (κ3) is 4.01. The first kappa shape index (κ1) is 18.8. The highest BCUT2D eigenvalue weighted by Crippen LogP contribution is 2.22. The highest BCUT2D eigenvalue weighted by Gasteiger charge is 2.27. The van der Waals surface area contributed by atoms with Crippen molar-refractivity contribution in [3.8, 4) is 0 Å². The molecule has 1 aliphatic heterocycles. The Kier molecular flexibility index (Phi) is 5.33. The van der Waals surface area contributed by atoms with Gasteiger partial charge in [-0.25, -0.2) is 9.37 Å². The minimum atomic E-state index is -0.537. The van der Waals surface area contributed by atoms with E-state index in [4.69, 9.17) is 0 Å². The van der Waals surface area contributed by atoms with Crippen molar-refractivity contribution in [3.05, 3.63) is 77.4 Å². The van der Waals surface area contributed by atoms with Gasteiger partial charge in [0.25, 0.3) is 11.8 Å². The number of imidazole rings is 1. The van der Waals surface area contributed by atoms with Gasteiger partial charge in [-0.2, -0.15) is 0 Å². The molecule has 4 rings (SSSR count). The molecule has 0 saturated carbocycles. The van der Waals surface area contributed by atoms with E-state index < -0.39 is 11.7 Å². The van der Waals surface area contributed by atoms with Crippen LogP contribution < -0.4 is 10.6 Å². The summed E-state index contributed by atoms with van der Waals surface area (Å²) < 4.78 is 15.7. The van der Waals surface area contributed by atoms with E-state index in [9.17, 15) is 14.0 Å². The van der Waals surface area contributed by atoms with Crippen molar-refractivity contribution in [2.45, 2.75) is 32.4 Å². The average molecular weight is 393 g/mol. The summed E-state index contributed by atoms with van der Waals surface area (Å²) in [7, 11) is 0. The molecule has 1 aromatic carbocycles. The molecule has 2 amide bonds. The quantitative estimate of drug-likeness (QED) is 0.698. The number of carbonyl (C=O) groups is 2.